The van der Waals surface area contributed by atoms with Gasteiger partial charge in [0, 0.05) is 25.0 Å². The standard InChI is InChI=1S/C16H20N4O/c1-16(2,11-20-5-7-21-8-6-20)15-18-13-4-3-12(10-17)9-14(13)19-15/h3-4,9H,5-8,11H2,1-2H3,(H,18,19). The van der Waals surface area contributed by atoms with Crippen molar-refractivity contribution in [3.05, 3.63) is 29.6 Å². The van der Waals surface area contributed by atoms with Crippen molar-refractivity contribution in [2.24, 2.45) is 0 Å². The van der Waals surface area contributed by atoms with Crippen molar-refractivity contribution in [1.29, 1.82) is 5.26 Å². The molecule has 1 aromatic heterocycles. The van der Waals surface area contributed by atoms with E-state index < -0.39 is 0 Å². The summed E-state index contributed by atoms with van der Waals surface area (Å²) in [6, 6.07) is 7.73. The van der Waals surface area contributed by atoms with E-state index in [4.69, 9.17) is 15.0 Å². The first-order valence-corrected chi connectivity index (χ1v) is 7.29. The van der Waals surface area contributed by atoms with Crippen molar-refractivity contribution in [3.63, 3.8) is 0 Å². The predicted octanol–water partition coefficient (Wildman–Crippen LogP) is 2.04. The van der Waals surface area contributed by atoms with Gasteiger partial charge in [-0.2, -0.15) is 5.26 Å². The number of hydrogen-bond donors (Lipinski definition) is 1. The van der Waals surface area contributed by atoms with Gasteiger partial charge in [0.15, 0.2) is 0 Å². The Morgan fingerprint density at radius 2 is 2.14 bits per heavy atom. The van der Waals surface area contributed by atoms with Crippen molar-refractivity contribution in [1.82, 2.24) is 14.9 Å². The van der Waals surface area contributed by atoms with E-state index in [0.717, 1.165) is 49.7 Å². The smallest absolute Gasteiger partial charge is 0.114 e. The Hall–Kier alpha value is -1.90. The zero-order valence-corrected chi connectivity index (χ0v) is 12.5. The fraction of sp³-hybridized carbons (Fsp3) is 0.500. The van der Waals surface area contributed by atoms with E-state index in [1.54, 1.807) is 0 Å². The lowest BCUT2D eigenvalue weighted by molar-refractivity contribution is 0.0290. The average Bonchev–Trinajstić information content (AvgIpc) is 2.91. The van der Waals surface area contributed by atoms with Crippen molar-refractivity contribution in [2.45, 2.75) is 19.3 Å². The Labute approximate surface area is 124 Å². The Morgan fingerprint density at radius 3 is 2.86 bits per heavy atom. The van der Waals surface area contributed by atoms with Crippen molar-refractivity contribution in [2.75, 3.05) is 32.8 Å². The molecule has 1 aromatic carbocycles. The molecular weight excluding hydrogens is 264 g/mol. The van der Waals surface area contributed by atoms with Gasteiger partial charge in [-0.1, -0.05) is 13.8 Å². The number of benzene rings is 1. The van der Waals surface area contributed by atoms with Gasteiger partial charge in [-0.3, -0.25) is 4.90 Å². The minimum absolute atomic E-state index is 0.0663. The molecule has 3 rings (SSSR count). The molecule has 2 heterocycles. The molecule has 21 heavy (non-hydrogen) atoms. The van der Waals surface area contributed by atoms with Gasteiger partial charge in [0.25, 0.3) is 0 Å². The maximum atomic E-state index is 8.98. The minimum atomic E-state index is -0.0663. The van der Waals surface area contributed by atoms with Crippen LogP contribution >= 0.6 is 0 Å². The second-order valence-electron chi connectivity index (χ2n) is 6.20. The minimum Gasteiger partial charge on any atom is -0.379 e. The van der Waals surface area contributed by atoms with Gasteiger partial charge < -0.3 is 9.72 Å². The summed E-state index contributed by atoms with van der Waals surface area (Å²) in [7, 11) is 0. The molecule has 0 saturated carbocycles. The highest BCUT2D eigenvalue weighted by Crippen LogP contribution is 2.25. The van der Waals surface area contributed by atoms with E-state index >= 15 is 0 Å². The van der Waals surface area contributed by atoms with E-state index in [9.17, 15) is 0 Å². The largest absolute Gasteiger partial charge is 0.379 e. The first-order valence-electron chi connectivity index (χ1n) is 7.29. The van der Waals surface area contributed by atoms with Crippen LogP contribution in [-0.4, -0.2) is 47.7 Å². The summed E-state index contributed by atoms with van der Waals surface area (Å²) in [4.78, 5) is 10.5. The van der Waals surface area contributed by atoms with Crippen LogP contribution in [0.5, 0.6) is 0 Å². The van der Waals surface area contributed by atoms with E-state index in [-0.39, 0.29) is 5.41 Å². The summed E-state index contributed by atoms with van der Waals surface area (Å²) in [6.07, 6.45) is 0. The van der Waals surface area contributed by atoms with E-state index in [1.165, 1.54) is 0 Å². The average molecular weight is 284 g/mol. The van der Waals surface area contributed by atoms with E-state index in [2.05, 4.69) is 29.8 Å². The first kappa shape index (κ1) is 14.1. The van der Waals surface area contributed by atoms with Gasteiger partial charge >= 0.3 is 0 Å². The van der Waals surface area contributed by atoms with Gasteiger partial charge in [0.1, 0.15) is 5.82 Å². The molecule has 110 valence electrons. The van der Waals surface area contributed by atoms with E-state index in [1.807, 2.05) is 18.2 Å². The highest BCUT2D eigenvalue weighted by atomic mass is 16.5. The third-order valence-electron chi connectivity index (χ3n) is 3.97. The number of imidazole rings is 1. The molecule has 1 saturated heterocycles. The number of aromatic nitrogens is 2. The van der Waals surface area contributed by atoms with Crippen LogP contribution < -0.4 is 0 Å². The second kappa shape index (κ2) is 5.47. The Bertz CT molecular complexity index is 677. The summed E-state index contributed by atoms with van der Waals surface area (Å²) >= 11 is 0. The monoisotopic (exact) mass is 284 g/mol. The van der Waals surface area contributed by atoms with Gasteiger partial charge in [0.2, 0.25) is 0 Å². The second-order valence-corrected chi connectivity index (χ2v) is 6.20. The van der Waals surface area contributed by atoms with Crippen LogP contribution in [0.2, 0.25) is 0 Å². The quantitative estimate of drug-likeness (QED) is 0.936. The zero-order valence-electron chi connectivity index (χ0n) is 12.5. The molecule has 1 N–H and O–H groups in total. The number of ether oxygens (including phenoxy) is 1. The molecule has 0 spiro atoms. The predicted molar refractivity (Wildman–Crippen MR) is 81.1 cm³/mol. The molecule has 0 unspecified atom stereocenters. The number of nitrogens with one attached hydrogen (secondary N) is 1. The fourth-order valence-corrected chi connectivity index (χ4v) is 2.79. The fourth-order valence-electron chi connectivity index (χ4n) is 2.79. The molecule has 0 radical (unpaired) electrons. The highest BCUT2D eigenvalue weighted by Gasteiger charge is 2.28. The van der Waals surface area contributed by atoms with Gasteiger partial charge in [-0.15, -0.1) is 0 Å². The van der Waals surface area contributed by atoms with Crippen LogP contribution in [0.1, 0.15) is 25.2 Å². The molecule has 1 aliphatic heterocycles. The van der Waals surface area contributed by atoms with E-state index in [0.29, 0.717) is 5.56 Å². The summed E-state index contributed by atoms with van der Waals surface area (Å²) in [5.41, 5.74) is 2.44. The lowest BCUT2D eigenvalue weighted by Crippen LogP contribution is -2.43. The highest BCUT2D eigenvalue weighted by molar-refractivity contribution is 5.77. The SMILES string of the molecule is CC(C)(CN1CCOCC1)c1nc2ccc(C#N)cc2[nH]1. The van der Waals surface area contributed by atoms with Crippen LogP contribution in [-0.2, 0) is 10.2 Å². The zero-order chi connectivity index (χ0) is 14.9. The number of fused-ring (bicyclic) bond motifs is 1. The maximum Gasteiger partial charge on any atom is 0.114 e. The van der Waals surface area contributed by atoms with Crippen LogP contribution in [0.4, 0.5) is 0 Å². The number of morpholine rings is 1. The Morgan fingerprint density at radius 1 is 1.38 bits per heavy atom. The van der Waals surface area contributed by atoms with Gasteiger partial charge in [0.05, 0.1) is 35.9 Å². The summed E-state index contributed by atoms with van der Waals surface area (Å²) in [5.74, 6) is 0.971. The van der Waals surface area contributed by atoms with Crippen molar-refractivity contribution >= 4 is 11.0 Å². The molecule has 5 nitrogen and oxygen atoms in total. The number of nitrogens with zero attached hydrogens (tertiary/aromatic N) is 3. The number of nitriles is 1. The topological polar surface area (TPSA) is 64.9 Å². The van der Waals surface area contributed by atoms with Crippen LogP contribution in [0, 0.1) is 11.3 Å². The van der Waals surface area contributed by atoms with Crippen LogP contribution in [0.15, 0.2) is 18.2 Å². The van der Waals surface area contributed by atoms with Crippen molar-refractivity contribution < 1.29 is 4.74 Å². The lowest BCUT2D eigenvalue weighted by atomic mass is 9.91. The third kappa shape index (κ3) is 2.92. The van der Waals surface area contributed by atoms with Crippen molar-refractivity contribution in [3.8, 4) is 6.07 Å². The number of aromatic amines is 1. The normalized spacial score (nSPS) is 17.0. The number of rotatable bonds is 3. The molecule has 0 amide bonds. The van der Waals surface area contributed by atoms with Crippen LogP contribution in [0.25, 0.3) is 11.0 Å². The van der Waals surface area contributed by atoms with Gasteiger partial charge in [-0.25, -0.2) is 4.98 Å². The lowest BCUT2D eigenvalue weighted by Gasteiger charge is -2.33. The first-order chi connectivity index (χ1) is 10.1. The van der Waals surface area contributed by atoms with Gasteiger partial charge in [-0.05, 0) is 18.2 Å². The number of hydrogen-bond acceptors (Lipinski definition) is 4. The maximum absolute atomic E-state index is 8.98. The molecule has 0 bridgehead atoms. The molecule has 2 aromatic rings. The Balaban J connectivity index is 1.85. The summed E-state index contributed by atoms with van der Waals surface area (Å²) < 4.78 is 5.40. The summed E-state index contributed by atoms with van der Waals surface area (Å²) in [6.45, 7) is 8.91. The number of H-pyrrole nitrogens is 1. The molecule has 0 atom stereocenters. The summed E-state index contributed by atoms with van der Waals surface area (Å²) in [5, 5.41) is 8.98. The van der Waals surface area contributed by atoms with Crippen LogP contribution in [0.3, 0.4) is 0 Å². The molecule has 1 aliphatic rings. The molecule has 5 heteroatoms. The molecule has 1 fully saturated rings. The molecule has 0 aliphatic carbocycles. The molecular formula is C16H20N4O. The Kier molecular flexibility index (Phi) is 3.66. The third-order valence-corrected chi connectivity index (χ3v) is 3.97.